The van der Waals surface area contributed by atoms with Crippen molar-refractivity contribution in [2.24, 2.45) is 16.1 Å². The lowest BCUT2D eigenvalue weighted by atomic mass is 9.99. The van der Waals surface area contributed by atoms with E-state index in [1.54, 1.807) is 19.1 Å². The van der Waals surface area contributed by atoms with Crippen molar-refractivity contribution in [1.82, 2.24) is 5.43 Å². The van der Waals surface area contributed by atoms with Gasteiger partial charge in [0, 0.05) is 5.56 Å². The molecule has 0 aromatic heterocycles. The summed E-state index contributed by atoms with van der Waals surface area (Å²) in [5.41, 5.74) is 2.94. The Labute approximate surface area is 137 Å². The van der Waals surface area contributed by atoms with E-state index in [2.05, 4.69) is 10.2 Å². The second-order valence-corrected chi connectivity index (χ2v) is 5.00. The molecule has 0 radical (unpaired) electrons. The summed E-state index contributed by atoms with van der Waals surface area (Å²) in [6.07, 6.45) is 0. The van der Waals surface area contributed by atoms with E-state index in [9.17, 15) is 14.7 Å². The third-order valence-electron chi connectivity index (χ3n) is 3.42. The van der Waals surface area contributed by atoms with Gasteiger partial charge in [-0.15, -0.1) is 5.11 Å². The molecular weight excluding hydrogens is 312 g/mol. The molecule has 0 spiro atoms. The molecule has 0 aliphatic rings. The number of rotatable bonds is 5. The lowest BCUT2D eigenvalue weighted by Crippen LogP contribution is -2.33. The Hall–Kier alpha value is -3.26. The van der Waals surface area contributed by atoms with Gasteiger partial charge >= 0.3 is 5.97 Å². The van der Waals surface area contributed by atoms with Gasteiger partial charge in [0.15, 0.2) is 0 Å². The number of hydrogen-bond donors (Lipinski definition) is 4. The molecule has 0 fully saturated rings. The van der Waals surface area contributed by atoms with Crippen LogP contribution in [0.2, 0.25) is 0 Å². The van der Waals surface area contributed by atoms with E-state index in [1.165, 1.54) is 30.3 Å². The molecule has 0 saturated carbocycles. The van der Waals surface area contributed by atoms with Crippen LogP contribution in [-0.4, -0.2) is 22.1 Å². The van der Waals surface area contributed by atoms with Crippen molar-refractivity contribution in [3.8, 4) is 5.75 Å². The molecule has 0 heterocycles. The number of hydrogen-bond acceptors (Lipinski definition) is 6. The summed E-state index contributed by atoms with van der Waals surface area (Å²) in [5.74, 6) is 2.77. The maximum Gasteiger partial charge on any atom is 0.337 e. The van der Waals surface area contributed by atoms with E-state index in [4.69, 9.17) is 10.9 Å². The molecule has 0 aliphatic heterocycles. The maximum atomic E-state index is 11.6. The molecule has 1 amide bonds. The quantitative estimate of drug-likeness (QED) is 0.289. The summed E-state index contributed by atoms with van der Waals surface area (Å²) in [4.78, 5) is 22.7. The molecule has 1 unspecified atom stereocenters. The van der Waals surface area contributed by atoms with Gasteiger partial charge in [-0.25, -0.2) is 10.6 Å². The second kappa shape index (κ2) is 7.34. The van der Waals surface area contributed by atoms with Crippen LogP contribution in [-0.2, 0) is 4.79 Å². The van der Waals surface area contributed by atoms with Crippen molar-refractivity contribution in [3.63, 3.8) is 0 Å². The van der Waals surface area contributed by atoms with Crippen LogP contribution in [0.3, 0.4) is 0 Å². The van der Waals surface area contributed by atoms with Crippen molar-refractivity contribution >= 4 is 23.3 Å². The van der Waals surface area contributed by atoms with E-state index >= 15 is 0 Å². The average molecular weight is 328 g/mol. The van der Waals surface area contributed by atoms with E-state index in [0.29, 0.717) is 11.3 Å². The first kappa shape index (κ1) is 17.1. The first-order valence-corrected chi connectivity index (χ1v) is 7.01. The zero-order chi connectivity index (χ0) is 17.7. The van der Waals surface area contributed by atoms with Crippen molar-refractivity contribution in [2.45, 2.75) is 12.8 Å². The average Bonchev–Trinajstić information content (AvgIpc) is 2.59. The van der Waals surface area contributed by atoms with Crippen LogP contribution in [0.1, 0.15) is 28.8 Å². The fourth-order valence-electron chi connectivity index (χ4n) is 2.07. The van der Waals surface area contributed by atoms with Gasteiger partial charge in [-0.1, -0.05) is 12.1 Å². The summed E-state index contributed by atoms with van der Waals surface area (Å²) in [6.45, 7) is 1.58. The van der Waals surface area contributed by atoms with Crippen LogP contribution in [0, 0.1) is 0 Å². The number of nitrogens with zero attached hydrogens (tertiary/aromatic N) is 2. The standard InChI is InChI=1S/C16H16N4O4/c1-9(15(22)18-17)12-8-10(6-7-14(12)21)19-20-13-5-3-2-4-11(13)16(23)24/h2-9,21H,17H2,1H3,(H,18,22)(H,23,24)/b20-19+. The van der Waals surface area contributed by atoms with Gasteiger partial charge in [0.25, 0.3) is 0 Å². The summed E-state index contributed by atoms with van der Waals surface area (Å²) < 4.78 is 0. The zero-order valence-corrected chi connectivity index (χ0v) is 12.8. The maximum absolute atomic E-state index is 11.6. The molecule has 5 N–H and O–H groups in total. The number of carbonyl (C=O) groups excluding carboxylic acids is 1. The summed E-state index contributed by atoms with van der Waals surface area (Å²) in [7, 11) is 0. The molecule has 0 bridgehead atoms. The Morgan fingerprint density at radius 3 is 2.54 bits per heavy atom. The smallest absolute Gasteiger partial charge is 0.337 e. The third kappa shape index (κ3) is 3.73. The molecule has 2 aromatic rings. The van der Waals surface area contributed by atoms with Gasteiger partial charge < -0.3 is 10.2 Å². The molecule has 124 valence electrons. The molecule has 2 aromatic carbocycles. The van der Waals surface area contributed by atoms with Gasteiger partial charge in [-0.05, 0) is 37.3 Å². The Morgan fingerprint density at radius 1 is 1.17 bits per heavy atom. The summed E-state index contributed by atoms with van der Waals surface area (Å²) in [5, 5.41) is 26.9. The zero-order valence-electron chi connectivity index (χ0n) is 12.8. The predicted octanol–water partition coefficient (Wildman–Crippen LogP) is 2.60. The lowest BCUT2D eigenvalue weighted by molar-refractivity contribution is -0.122. The number of nitrogens with two attached hydrogens (primary N) is 1. The number of carbonyl (C=O) groups is 2. The SMILES string of the molecule is CC(C(=O)NN)c1cc(/N=N/c2ccccc2C(=O)O)ccc1O. The number of azo groups is 1. The van der Waals surface area contributed by atoms with Crippen LogP contribution in [0.25, 0.3) is 0 Å². The normalized spacial score (nSPS) is 12.1. The Morgan fingerprint density at radius 2 is 1.88 bits per heavy atom. The lowest BCUT2D eigenvalue weighted by Gasteiger charge is -2.12. The van der Waals surface area contributed by atoms with Gasteiger partial charge in [0.05, 0.1) is 17.2 Å². The van der Waals surface area contributed by atoms with Crippen LogP contribution in [0.5, 0.6) is 5.75 Å². The predicted molar refractivity (Wildman–Crippen MR) is 86.4 cm³/mol. The fraction of sp³-hybridized carbons (Fsp3) is 0.125. The number of amides is 1. The number of nitrogens with one attached hydrogen (secondary N) is 1. The highest BCUT2D eigenvalue weighted by Gasteiger charge is 2.18. The van der Waals surface area contributed by atoms with E-state index in [-0.39, 0.29) is 17.0 Å². The van der Waals surface area contributed by atoms with Crippen LogP contribution in [0.4, 0.5) is 11.4 Å². The van der Waals surface area contributed by atoms with Crippen LogP contribution in [0.15, 0.2) is 52.7 Å². The van der Waals surface area contributed by atoms with E-state index < -0.39 is 17.8 Å². The largest absolute Gasteiger partial charge is 0.508 e. The summed E-state index contributed by atoms with van der Waals surface area (Å²) in [6, 6.07) is 10.6. The Bertz CT molecular complexity index is 804. The molecule has 24 heavy (non-hydrogen) atoms. The topological polar surface area (TPSA) is 137 Å². The molecule has 0 aliphatic carbocycles. The molecule has 1 atom stereocenters. The summed E-state index contributed by atoms with van der Waals surface area (Å²) >= 11 is 0. The number of phenolic OH excluding ortho intramolecular Hbond substituents is 1. The van der Waals surface area contributed by atoms with E-state index in [1.807, 2.05) is 5.43 Å². The fourth-order valence-corrected chi connectivity index (χ4v) is 2.07. The first-order valence-electron chi connectivity index (χ1n) is 7.01. The third-order valence-corrected chi connectivity index (χ3v) is 3.42. The molecule has 0 saturated heterocycles. The highest BCUT2D eigenvalue weighted by molar-refractivity contribution is 5.93. The van der Waals surface area contributed by atoms with Crippen molar-refractivity contribution in [3.05, 3.63) is 53.6 Å². The van der Waals surface area contributed by atoms with Crippen molar-refractivity contribution < 1.29 is 19.8 Å². The number of phenols is 1. The van der Waals surface area contributed by atoms with Crippen LogP contribution < -0.4 is 11.3 Å². The molecule has 8 nitrogen and oxygen atoms in total. The Balaban J connectivity index is 2.34. The second-order valence-electron chi connectivity index (χ2n) is 5.00. The highest BCUT2D eigenvalue weighted by atomic mass is 16.4. The van der Waals surface area contributed by atoms with Crippen molar-refractivity contribution in [2.75, 3.05) is 0 Å². The number of aromatic carboxylic acids is 1. The van der Waals surface area contributed by atoms with Crippen LogP contribution >= 0.6 is 0 Å². The minimum atomic E-state index is -1.11. The molecule has 2 rings (SSSR count). The van der Waals surface area contributed by atoms with E-state index in [0.717, 1.165) is 0 Å². The number of carboxylic acids is 1. The highest BCUT2D eigenvalue weighted by Crippen LogP contribution is 2.31. The number of aromatic hydroxyl groups is 1. The number of carboxylic acid groups (broad SMARTS) is 1. The minimum Gasteiger partial charge on any atom is -0.508 e. The first-order chi connectivity index (χ1) is 11.4. The van der Waals surface area contributed by atoms with Gasteiger partial charge in [-0.3, -0.25) is 10.2 Å². The minimum absolute atomic E-state index is 0.0242. The monoisotopic (exact) mass is 328 g/mol. The number of hydrazine groups is 1. The van der Waals surface area contributed by atoms with Gasteiger partial charge in [-0.2, -0.15) is 5.11 Å². The number of benzene rings is 2. The van der Waals surface area contributed by atoms with Gasteiger partial charge in [0.1, 0.15) is 11.4 Å². The molecular formula is C16H16N4O4. The van der Waals surface area contributed by atoms with Crippen molar-refractivity contribution in [1.29, 1.82) is 0 Å². The Kier molecular flexibility index (Phi) is 5.23. The van der Waals surface area contributed by atoms with Gasteiger partial charge in [0.2, 0.25) is 5.91 Å². The molecule has 8 heteroatoms.